The smallest absolute Gasteiger partial charge is 0.295 e. The van der Waals surface area contributed by atoms with Crippen LogP contribution in [0.4, 0.5) is 0 Å². The van der Waals surface area contributed by atoms with Crippen molar-refractivity contribution in [3.8, 4) is 11.5 Å². The number of aromatic nitrogens is 1. The van der Waals surface area contributed by atoms with E-state index in [0.717, 1.165) is 6.42 Å². The Morgan fingerprint density at radius 1 is 1.11 bits per heavy atom. The summed E-state index contributed by atoms with van der Waals surface area (Å²) in [5.74, 6) is 0.0835. The molecular formula is C27H35N3O5. The van der Waals surface area contributed by atoms with E-state index in [1.165, 1.54) is 17.3 Å². The van der Waals surface area contributed by atoms with E-state index in [1.54, 1.807) is 24.3 Å². The second-order valence-electron chi connectivity index (χ2n) is 9.20. The zero-order chi connectivity index (χ0) is 25.5. The van der Waals surface area contributed by atoms with E-state index in [1.807, 2.05) is 32.0 Å². The van der Waals surface area contributed by atoms with Gasteiger partial charge in [0.05, 0.1) is 24.8 Å². The molecule has 1 saturated heterocycles. The predicted octanol–water partition coefficient (Wildman–Crippen LogP) is 3.89. The molecule has 8 nitrogen and oxygen atoms in total. The summed E-state index contributed by atoms with van der Waals surface area (Å²) in [6, 6.07) is 7.89. The molecule has 0 radical (unpaired) electrons. The number of rotatable bonds is 11. The minimum absolute atomic E-state index is 0.0517. The third kappa shape index (κ3) is 6.19. The Morgan fingerprint density at radius 3 is 2.46 bits per heavy atom. The average Bonchev–Trinajstić information content (AvgIpc) is 3.08. The Bertz CT molecular complexity index is 1070. The molecule has 3 rings (SSSR count). The number of hydrogen-bond donors (Lipinski definition) is 1. The van der Waals surface area contributed by atoms with Gasteiger partial charge in [-0.15, -0.1) is 0 Å². The third-order valence-electron chi connectivity index (χ3n) is 5.82. The van der Waals surface area contributed by atoms with Gasteiger partial charge in [0, 0.05) is 31.0 Å². The van der Waals surface area contributed by atoms with Crippen molar-refractivity contribution < 1.29 is 24.2 Å². The van der Waals surface area contributed by atoms with Gasteiger partial charge in [0.1, 0.15) is 5.76 Å². The molecule has 1 amide bonds. The molecule has 35 heavy (non-hydrogen) atoms. The SMILES string of the molecule is CCOc1cc(C2/C(=C(\O)c3ccncc3)C(=O)C(=O)N2CCN(C)C)ccc1OCCC(C)C. The van der Waals surface area contributed by atoms with Crippen LogP contribution in [0.2, 0.25) is 0 Å². The fourth-order valence-electron chi connectivity index (χ4n) is 3.92. The molecule has 1 aliphatic rings. The van der Waals surface area contributed by atoms with Crippen LogP contribution in [0.1, 0.15) is 44.4 Å². The van der Waals surface area contributed by atoms with Crippen molar-refractivity contribution in [2.45, 2.75) is 33.2 Å². The molecule has 0 saturated carbocycles. The van der Waals surface area contributed by atoms with Crippen molar-refractivity contribution in [3.63, 3.8) is 0 Å². The maximum atomic E-state index is 13.1. The van der Waals surface area contributed by atoms with Gasteiger partial charge in [0.2, 0.25) is 0 Å². The van der Waals surface area contributed by atoms with Crippen LogP contribution in [0.5, 0.6) is 11.5 Å². The molecule has 8 heteroatoms. The van der Waals surface area contributed by atoms with Crippen molar-refractivity contribution >= 4 is 17.4 Å². The summed E-state index contributed by atoms with van der Waals surface area (Å²) in [6.07, 6.45) is 3.97. The first-order valence-electron chi connectivity index (χ1n) is 12.0. The lowest BCUT2D eigenvalue weighted by Crippen LogP contribution is -2.35. The summed E-state index contributed by atoms with van der Waals surface area (Å²) in [5, 5.41) is 11.1. The molecule has 1 unspecified atom stereocenters. The summed E-state index contributed by atoms with van der Waals surface area (Å²) < 4.78 is 11.8. The van der Waals surface area contributed by atoms with Gasteiger partial charge in [-0.2, -0.15) is 0 Å². The standard InChI is InChI=1S/C27H35N3O5/c1-6-34-22-17-20(7-8-21(22)35-16-11-18(2)3)24-23(25(31)19-9-12-28-13-10-19)26(32)27(33)30(24)15-14-29(4)5/h7-10,12-13,17-18,24,31H,6,11,14-16H2,1-5H3/b25-23+. The van der Waals surface area contributed by atoms with E-state index >= 15 is 0 Å². The molecule has 1 fully saturated rings. The number of likely N-dealkylation sites (N-methyl/N-ethyl adjacent to an activating group) is 1. The number of aliphatic hydroxyl groups is 1. The highest BCUT2D eigenvalue weighted by Gasteiger charge is 2.46. The maximum Gasteiger partial charge on any atom is 0.295 e. The Balaban J connectivity index is 2.08. The van der Waals surface area contributed by atoms with Crippen LogP contribution in [0.15, 0.2) is 48.3 Å². The van der Waals surface area contributed by atoms with E-state index in [-0.39, 0.29) is 11.3 Å². The molecular weight excluding hydrogens is 446 g/mol. The van der Waals surface area contributed by atoms with Crippen LogP contribution in [0, 0.1) is 5.92 Å². The van der Waals surface area contributed by atoms with Gasteiger partial charge in [0.25, 0.3) is 11.7 Å². The number of ketones is 1. The lowest BCUT2D eigenvalue weighted by Gasteiger charge is -2.27. The lowest BCUT2D eigenvalue weighted by atomic mass is 9.95. The average molecular weight is 482 g/mol. The number of amides is 1. The van der Waals surface area contributed by atoms with Crippen LogP contribution in [-0.2, 0) is 9.59 Å². The van der Waals surface area contributed by atoms with Crippen LogP contribution >= 0.6 is 0 Å². The van der Waals surface area contributed by atoms with E-state index in [4.69, 9.17) is 9.47 Å². The predicted molar refractivity (Wildman–Crippen MR) is 134 cm³/mol. The highest BCUT2D eigenvalue weighted by Crippen LogP contribution is 2.42. The molecule has 1 aromatic carbocycles. The zero-order valence-corrected chi connectivity index (χ0v) is 21.2. The maximum absolute atomic E-state index is 13.1. The molecule has 0 aliphatic carbocycles. The number of benzene rings is 1. The van der Waals surface area contributed by atoms with E-state index in [9.17, 15) is 14.7 Å². The Morgan fingerprint density at radius 2 is 1.83 bits per heavy atom. The molecule has 2 aromatic rings. The Hall–Kier alpha value is -3.39. The number of pyridine rings is 1. The second kappa shape index (κ2) is 11.8. The highest BCUT2D eigenvalue weighted by molar-refractivity contribution is 6.46. The fraction of sp³-hybridized carbons (Fsp3) is 0.444. The number of Topliss-reactive ketones (excluding diaryl/α,β-unsaturated/α-hetero) is 1. The largest absolute Gasteiger partial charge is 0.507 e. The van der Waals surface area contributed by atoms with Gasteiger partial charge < -0.3 is 24.4 Å². The summed E-state index contributed by atoms with van der Waals surface area (Å²) in [6.45, 7) is 8.03. The molecule has 0 bridgehead atoms. The second-order valence-corrected chi connectivity index (χ2v) is 9.20. The van der Waals surface area contributed by atoms with Gasteiger partial charge in [-0.3, -0.25) is 14.6 Å². The normalized spacial score (nSPS) is 17.5. The highest BCUT2D eigenvalue weighted by atomic mass is 16.5. The van der Waals surface area contributed by atoms with Gasteiger partial charge in [-0.05, 0) is 63.2 Å². The number of nitrogens with zero attached hydrogens (tertiary/aromatic N) is 3. The minimum atomic E-state index is -0.757. The number of aliphatic hydroxyl groups excluding tert-OH is 1. The molecule has 1 aliphatic heterocycles. The number of ether oxygens (including phenoxy) is 2. The first-order valence-corrected chi connectivity index (χ1v) is 12.0. The zero-order valence-electron chi connectivity index (χ0n) is 21.2. The molecule has 1 atom stereocenters. The van der Waals surface area contributed by atoms with Crippen molar-refractivity contribution in [1.82, 2.24) is 14.8 Å². The van der Waals surface area contributed by atoms with Gasteiger partial charge in [-0.25, -0.2) is 0 Å². The topological polar surface area (TPSA) is 92.2 Å². The molecule has 188 valence electrons. The Labute approximate surface area is 207 Å². The van der Waals surface area contributed by atoms with Gasteiger partial charge >= 0.3 is 0 Å². The lowest BCUT2D eigenvalue weighted by molar-refractivity contribution is -0.140. The number of likely N-dealkylation sites (tertiary alicyclic amines) is 1. The van der Waals surface area contributed by atoms with Crippen molar-refractivity contribution in [2.24, 2.45) is 5.92 Å². The number of carbonyl (C=O) groups is 2. The third-order valence-corrected chi connectivity index (χ3v) is 5.82. The summed E-state index contributed by atoms with van der Waals surface area (Å²) in [7, 11) is 3.80. The minimum Gasteiger partial charge on any atom is -0.507 e. The van der Waals surface area contributed by atoms with Crippen LogP contribution < -0.4 is 9.47 Å². The molecule has 0 spiro atoms. The van der Waals surface area contributed by atoms with E-state index in [0.29, 0.717) is 54.8 Å². The van der Waals surface area contributed by atoms with Crippen LogP contribution in [0.3, 0.4) is 0 Å². The van der Waals surface area contributed by atoms with Gasteiger partial charge in [0.15, 0.2) is 11.5 Å². The monoisotopic (exact) mass is 481 g/mol. The summed E-state index contributed by atoms with van der Waals surface area (Å²) in [5.41, 5.74) is 1.14. The first-order chi connectivity index (χ1) is 16.7. The van der Waals surface area contributed by atoms with Crippen molar-refractivity contribution in [3.05, 3.63) is 59.4 Å². The summed E-state index contributed by atoms with van der Waals surface area (Å²) in [4.78, 5) is 33.7. The molecule has 2 heterocycles. The van der Waals surface area contributed by atoms with Crippen molar-refractivity contribution in [1.29, 1.82) is 0 Å². The van der Waals surface area contributed by atoms with E-state index < -0.39 is 17.7 Å². The number of carbonyl (C=O) groups excluding carboxylic acids is 2. The van der Waals surface area contributed by atoms with Crippen molar-refractivity contribution in [2.75, 3.05) is 40.4 Å². The van der Waals surface area contributed by atoms with Gasteiger partial charge in [-0.1, -0.05) is 19.9 Å². The quantitative estimate of drug-likeness (QED) is 0.296. The fourth-order valence-corrected chi connectivity index (χ4v) is 3.92. The Kier molecular flexibility index (Phi) is 8.87. The summed E-state index contributed by atoms with van der Waals surface area (Å²) >= 11 is 0. The van der Waals surface area contributed by atoms with E-state index in [2.05, 4.69) is 18.8 Å². The number of hydrogen-bond acceptors (Lipinski definition) is 7. The first kappa shape index (κ1) is 26.2. The van der Waals surface area contributed by atoms with Crippen LogP contribution in [0.25, 0.3) is 5.76 Å². The molecule has 1 aromatic heterocycles. The molecule has 1 N–H and O–H groups in total. The van der Waals surface area contributed by atoms with Crippen LogP contribution in [-0.4, -0.2) is 72.0 Å².